The lowest BCUT2D eigenvalue weighted by atomic mass is 10.1. The summed E-state index contributed by atoms with van der Waals surface area (Å²) in [6, 6.07) is 7.46. The van der Waals surface area contributed by atoms with Crippen LogP contribution in [0.2, 0.25) is 5.02 Å². The molecule has 1 N–H and O–H groups in total. The van der Waals surface area contributed by atoms with Crippen molar-refractivity contribution in [3.8, 4) is 6.07 Å². The molecule has 0 spiro atoms. The predicted octanol–water partition coefficient (Wildman–Crippen LogP) is 2.83. The van der Waals surface area contributed by atoms with E-state index in [-0.39, 0.29) is 0 Å². The lowest BCUT2D eigenvalue weighted by Crippen LogP contribution is -2.05. The van der Waals surface area contributed by atoms with Crippen LogP contribution >= 0.6 is 11.6 Å². The van der Waals surface area contributed by atoms with Gasteiger partial charge in [-0.05, 0) is 37.7 Å². The van der Waals surface area contributed by atoms with Gasteiger partial charge in [0.05, 0.1) is 11.6 Å². The second kappa shape index (κ2) is 6.23. The Hall–Kier alpha value is -1.30. The summed E-state index contributed by atoms with van der Waals surface area (Å²) in [7, 11) is 1.91. The molecule has 0 saturated heterocycles. The Labute approximate surface area is 95.2 Å². The van der Waals surface area contributed by atoms with E-state index < -0.39 is 0 Å². The van der Waals surface area contributed by atoms with Gasteiger partial charge in [0.15, 0.2) is 0 Å². The zero-order valence-corrected chi connectivity index (χ0v) is 9.38. The Morgan fingerprint density at radius 2 is 2.33 bits per heavy atom. The van der Waals surface area contributed by atoms with E-state index in [0.29, 0.717) is 10.6 Å². The molecule has 1 aromatic carbocycles. The van der Waals surface area contributed by atoms with Gasteiger partial charge in [0.25, 0.3) is 0 Å². The molecule has 15 heavy (non-hydrogen) atoms. The van der Waals surface area contributed by atoms with E-state index in [1.54, 1.807) is 12.1 Å². The quantitative estimate of drug-likeness (QED) is 0.793. The van der Waals surface area contributed by atoms with E-state index in [2.05, 4.69) is 11.4 Å². The van der Waals surface area contributed by atoms with Crippen molar-refractivity contribution in [2.75, 3.05) is 13.6 Å². The van der Waals surface area contributed by atoms with Gasteiger partial charge < -0.3 is 5.32 Å². The molecule has 0 aliphatic rings. The molecule has 0 aliphatic heterocycles. The maximum Gasteiger partial charge on any atom is 0.0998 e. The molecule has 0 aromatic heterocycles. The summed E-state index contributed by atoms with van der Waals surface area (Å²) in [6.07, 6.45) is 4.94. The zero-order chi connectivity index (χ0) is 11.1. The third kappa shape index (κ3) is 3.75. The van der Waals surface area contributed by atoms with Crippen LogP contribution in [0.4, 0.5) is 0 Å². The van der Waals surface area contributed by atoms with Crippen LogP contribution in [-0.2, 0) is 0 Å². The fourth-order valence-electron chi connectivity index (χ4n) is 1.21. The SMILES string of the molecule is CNCCC=Cc1ccc(Cl)cc1C#N. The Balaban J connectivity index is 2.77. The monoisotopic (exact) mass is 220 g/mol. The van der Waals surface area contributed by atoms with Crippen molar-refractivity contribution in [2.24, 2.45) is 0 Å². The summed E-state index contributed by atoms with van der Waals surface area (Å²) in [5.74, 6) is 0. The van der Waals surface area contributed by atoms with E-state index in [4.69, 9.17) is 16.9 Å². The molecule has 0 atom stereocenters. The smallest absolute Gasteiger partial charge is 0.0998 e. The molecule has 0 unspecified atom stereocenters. The fraction of sp³-hybridized carbons (Fsp3) is 0.250. The number of hydrogen-bond acceptors (Lipinski definition) is 2. The first-order chi connectivity index (χ1) is 7.27. The minimum atomic E-state index is 0.596. The summed E-state index contributed by atoms with van der Waals surface area (Å²) in [4.78, 5) is 0. The number of benzene rings is 1. The van der Waals surface area contributed by atoms with Crippen LogP contribution in [0.25, 0.3) is 6.08 Å². The van der Waals surface area contributed by atoms with Gasteiger partial charge >= 0.3 is 0 Å². The van der Waals surface area contributed by atoms with Gasteiger partial charge in [-0.1, -0.05) is 29.8 Å². The lowest BCUT2D eigenvalue weighted by Gasteiger charge is -1.98. The molecule has 1 aromatic rings. The Morgan fingerprint density at radius 3 is 3.00 bits per heavy atom. The van der Waals surface area contributed by atoms with E-state index in [1.807, 2.05) is 25.3 Å². The van der Waals surface area contributed by atoms with Gasteiger partial charge in [-0.2, -0.15) is 5.26 Å². The molecule has 2 nitrogen and oxygen atoms in total. The van der Waals surface area contributed by atoms with Crippen molar-refractivity contribution >= 4 is 17.7 Å². The summed E-state index contributed by atoms with van der Waals surface area (Å²) in [5.41, 5.74) is 1.53. The van der Waals surface area contributed by atoms with E-state index in [9.17, 15) is 0 Å². The topological polar surface area (TPSA) is 35.8 Å². The standard InChI is InChI=1S/C12H13ClN2/c1-15-7-3-2-4-10-5-6-12(13)8-11(10)9-14/h2,4-6,8,15H,3,7H2,1H3. The average molecular weight is 221 g/mol. The Kier molecular flexibility index (Phi) is 4.89. The summed E-state index contributed by atoms with van der Waals surface area (Å²) >= 11 is 5.79. The van der Waals surface area contributed by atoms with Gasteiger partial charge in [-0.25, -0.2) is 0 Å². The first-order valence-electron chi connectivity index (χ1n) is 4.78. The van der Waals surface area contributed by atoms with Crippen LogP contribution in [0.5, 0.6) is 0 Å². The highest BCUT2D eigenvalue weighted by Crippen LogP contribution is 2.16. The fourth-order valence-corrected chi connectivity index (χ4v) is 1.38. The second-order valence-electron chi connectivity index (χ2n) is 3.14. The predicted molar refractivity (Wildman–Crippen MR) is 63.7 cm³/mol. The van der Waals surface area contributed by atoms with Gasteiger partial charge in [0.2, 0.25) is 0 Å². The average Bonchev–Trinajstić information content (AvgIpc) is 2.26. The van der Waals surface area contributed by atoms with Gasteiger partial charge in [0, 0.05) is 5.02 Å². The van der Waals surface area contributed by atoms with Crippen LogP contribution in [-0.4, -0.2) is 13.6 Å². The number of nitriles is 1. The van der Waals surface area contributed by atoms with E-state index in [0.717, 1.165) is 18.5 Å². The van der Waals surface area contributed by atoms with Gasteiger partial charge in [-0.15, -0.1) is 0 Å². The summed E-state index contributed by atoms with van der Waals surface area (Å²) < 4.78 is 0. The number of hydrogen-bond donors (Lipinski definition) is 1. The number of rotatable bonds is 4. The number of nitrogens with one attached hydrogen (secondary N) is 1. The minimum Gasteiger partial charge on any atom is -0.319 e. The maximum absolute atomic E-state index is 8.89. The highest BCUT2D eigenvalue weighted by molar-refractivity contribution is 6.30. The lowest BCUT2D eigenvalue weighted by molar-refractivity contribution is 0.809. The highest BCUT2D eigenvalue weighted by atomic mass is 35.5. The van der Waals surface area contributed by atoms with E-state index in [1.165, 1.54) is 0 Å². The van der Waals surface area contributed by atoms with Crippen LogP contribution in [0.1, 0.15) is 17.5 Å². The molecule has 0 aliphatic carbocycles. The minimum absolute atomic E-state index is 0.596. The molecule has 0 amide bonds. The van der Waals surface area contributed by atoms with Gasteiger partial charge in [0.1, 0.15) is 0 Å². The Morgan fingerprint density at radius 1 is 1.53 bits per heavy atom. The maximum atomic E-state index is 8.89. The molecule has 0 heterocycles. The van der Waals surface area contributed by atoms with Crippen molar-refractivity contribution in [3.05, 3.63) is 40.4 Å². The van der Waals surface area contributed by atoms with Crippen LogP contribution in [0.3, 0.4) is 0 Å². The normalized spacial score (nSPS) is 10.5. The molecule has 78 valence electrons. The molecule has 0 bridgehead atoms. The first-order valence-corrected chi connectivity index (χ1v) is 5.16. The zero-order valence-electron chi connectivity index (χ0n) is 8.63. The molecular formula is C12H13ClN2. The van der Waals surface area contributed by atoms with Crippen molar-refractivity contribution < 1.29 is 0 Å². The Bertz CT molecular complexity index is 391. The van der Waals surface area contributed by atoms with Crippen LogP contribution in [0, 0.1) is 11.3 Å². The first kappa shape index (κ1) is 11.8. The van der Waals surface area contributed by atoms with Crippen molar-refractivity contribution in [1.82, 2.24) is 5.32 Å². The van der Waals surface area contributed by atoms with Crippen LogP contribution in [0.15, 0.2) is 24.3 Å². The van der Waals surface area contributed by atoms with Crippen LogP contribution < -0.4 is 5.32 Å². The second-order valence-corrected chi connectivity index (χ2v) is 3.57. The van der Waals surface area contributed by atoms with Crippen molar-refractivity contribution in [2.45, 2.75) is 6.42 Å². The van der Waals surface area contributed by atoms with E-state index >= 15 is 0 Å². The van der Waals surface area contributed by atoms with Gasteiger partial charge in [-0.3, -0.25) is 0 Å². The third-order valence-corrected chi connectivity index (χ3v) is 2.23. The number of halogens is 1. The number of nitrogens with zero attached hydrogens (tertiary/aromatic N) is 1. The largest absolute Gasteiger partial charge is 0.319 e. The molecule has 3 heteroatoms. The van der Waals surface area contributed by atoms with Crippen molar-refractivity contribution in [1.29, 1.82) is 5.26 Å². The highest BCUT2D eigenvalue weighted by Gasteiger charge is 1.98. The summed E-state index contributed by atoms with van der Waals surface area (Å²) in [6.45, 7) is 0.936. The molecule has 0 saturated carbocycles. The van der Waals surface area contributed by atoms with Crippen molar-refractivity contribution in [3.63, 3.8) is 0 Å². The third-order valence-electron chi connectivity index (χ3n) is 1.99. The summed E-state index contributed by atoms with van der Waals surface area (Å²) in [5, 5.41) is 12.5. The molecule has 0 radical (unpaired) electrons. The molecular weight excluding hydrogens is 208 g/mol. The molecule has 0 fully saturated rings. The molecule has 1 rings (SSSR count).